The van der Waals surface area contributed by atoms with Gasteiger partial charge in [-0.3, -0.25) is 0 Å². The lowest BCUT2D eigenvalue weighted by Gasteiger charge is -2.05. The molecule has 100 valence electrons. The van der Waals surface area contributed by atoms with Crippen molar-refractivity contribution in [1.82, 2.24) is 0 Å². The predicted molar refractivity (Wildman–Crippen MR) is 81.6 cm³/mol. The van der Waals surface area contributed by atoms with E-state index in [1.54, 1.807) is 12.1 Å². The molecule has 0 saturated heterocycles. The van der Waals surface area contributed by atoms with E-state index in [2.05, 4.69) is 0 Å². The van der Waals surface area contributed by atoms with Gasteiger partial charge in [0.1, 0.15) is 11.6 Å². The molecule has 1 nitrogen and oxygen atoms in total. The molecule has 3 rings (SSSR count). The number of thiophene rings is 1. The molecule has 0 radical (unpaired) electrons. The van der Waals surface area contributed by atoms with E-state index in [-0.39, 0.29) is 11.6 Å². The molecular formula is C17H13FOS. The van der Waals surface area contributed by atoms with Gasteiger partial charge >= 0.3 is 0 Å². The Kier molecular flexibility index (Phi) is 3.28. The summed E-state index contributed by atoms with van der Waals surface area (Å²) in [4.78, 5) is 0.849. The average Bonchev–Trinajstić information content (AvgIpc) is 2.82. The molecular weight excluding hydrogens is 271 g/mol. The van der Waals surface area contributed by atoms with E-state index in [1.807, 2.05) is 36.6 Å². The molecule has 0 saturated carbocycles. The molecule has 1 heterocycles. The van der Waals surface area contributed by atoms with Crippen LogP contribution in [-0.4, -0.2) is 5.11 Å². The lowest BCUT2D eigenvalue weighted by atomic mass is 10.0. The summed E-state index contributed by atoms with van der Waals surface area (Å²) < 4.78 is 13.0. The van der Waals surface area contributed by atoms with Gasteiger partial charge in [-0.1, -0.05) is 36.4 Å². The maximum atomic E-state index is 13.0. The van der Waals surface area contributed by atoms with Gasteiger partial charge in [0.15, 0.2) is 0 Å². The second-order valence-electron chi connectivity index (χ2n) is 4.65. The largest absolute Gasteiger partial charge is 0.506 e. The second-order valence-corrected chi connectivity index (χ2v) is 5.53. The van der Waals surface area contributed by atoms with Gasteiger partial charge in [-0.05, 0) is 35.7 Å². The van der Waals surface area contributed by atoms with Crippen LogP contribution in [0.25, 0.3) is 21.6 Å². The molecule has 0 spiro atoms. The van der Waals surface area contributed by atoms with E-state index >= 15 is 0 Å². The van der Waals surface area contributed by atoms with Crippen LogP contribution in [0.1, 0.15) is 5.56 Å². The number of hydrogen-bond donors (Lipinski definition) is 1. The van der Waals surface area contributed by atoms with Crippen molar-refractivity contribution in [2.45, 2.75) is 6.92 Å². The van der Waals surface area contributed by atoms with E-state index in [0.717, 1.165) is 27.1 Å². The first kappa shape index (κ1) is 12.9. The molecule has 0 amide bonds. The van der Waals surface area contributed by atoms with Crippen LogP contribution in [0.15, 0.2) is 53.9 Å². The summed E-state index contributed by atoms with van der Waals surface area (Å²) in [7, 11) is 0. The fraction of sp³-hybridized carbons (Fsp3) is 0.0588. The third-order valence-corrected chi connectivity index (χ3v) is 4.31. The van der Waals surface area contributed by atoms with Gasteiger partial charge in [0.25, 0.3) is 0 Å². The zero-order chi connectivity index (χ0) is 14.1. The van der Waals surface area contributed by atoms with Crippen molar-refractivity contribution in [3.63, 3.8) is 0 Å². The van der Waals surface area contributed by atoms with E-state index in [4.69, 9.17) is 0 Å². The maximum Gasteiger partial charge on any atom is 0.142 e. The summed E-state index contributed by atoms with van der Waals surface area (Å²) in [6.45, 7) is 2.02. The zero-order valence-electron chi connectivity index (χ0n) is 10.9. The summed E-state index contributed by atoms with van der Waals surface area (Å²) >= 11 is 1.50. The van der Waals surface area contributed by atoms with Crippen LogP contribution in [0.3, 0.4) is 0 Å². The van der Waals surface area contributed by atoms with Gasteiger partial charge in [-0.2, -0.15) is 0 Å². The second kappa shape index (κ2) is 5.10. The van der Waals surface area contributed by atoms with Crippen molar-refractivity contribution >= 4 is 11.3 Å². The zero-order valence-corrected chi connectivity index (χ0v) is 11.7. The third kappa shape index (κ3) is 2.21. The highest BCUT2D eigenvalue weighted by Crippen LogP contribution is 2.44. The van der Waals surface area contributed by atoms with Crippen LogP contribution in [0.2, 0.25) is 0 Å². The molecule has 1 aromatic heterocycles. The van der Waals surface area contributed by atoms with Crippen LogP contribution in [0, 0.1) is 12.7 Å². The molecule has 0 bridgehead atoms. The normalized spacial score (nSPS) is 10.7. The van der Waals surface area contributed by atoms with Gasteiger partial charge in [0, 0.05) is 10.9 Å². The minimum absolute atomic E-state index is 0.260. The van der Waals surface area contributed by atoms with Gasteiger partial charge in [0.2, 0.25) is 0 Å². The van der Waals surface area contributed by atoms with Gasteiger partial charge < -0.3 is 5.11 Å². The first-order valence-electron chi connectivity index (χ1n) is 6.29. The summed E-state index contributed by atoms with van der Waals surface area (Å²) in [5, 5.41) is 12.4. The predicted octanol–water partition coefficient (Wildman–Crippen LogP) is 5.24. The van der Waals surface area contributed by atoms with Crippen LogP contribution in [0.5, 0.6) is 5.75 Å². The molecule has 0 atom stereocenters. The lowest BCUT2D eigenvalue weighted by Crippen LogP contribution is -1.80. The number of aromatic hydroxyl groups is 1. The number of aryl methyl sites for hydroxylation is 1. The molecule has 2 aromatic carbocycles. The molecule has 20 heavy (non-hydrogen) atoms. The molecule has 3 aromatic rings. The van der Waals surface area contributed by atoms with Crippen molar-refractivity contribution in [2.24, 2.45) is 0 Å². The highest BCUT2D eigenvalue weighted by atomic mass is 32.1. The first-order valence-corrected chi connectivity index (χ1v) is 7.17. The summed E-state index contributed by atoms with van der Waals surface area (Å²) in [6.07, 6.45) is 0. The quantitative estimate of drug-likeness (QED) is 0.682. The summed E-state index contributed by atoms with van der Waals surface area (Å²) in [5.41, 5.74) is 3.71. The highest BCUT2D eigenvalue weighted by Gasteiger charge is 2.15. The number of benzene rings is 2. The first-order chi connectivity index (χ1) is 9.66. The Labute approximate surface area is 121 Å². The van der Waals surface area contributed by atoms with E-state index in [0.29, 0.717) is 0 Å². The summed E-state index contributed by atoms with van der Waals surface area (Å²) in [6, 6.07) is 14.1. The minimum Gasteiger partial charge on any atom is -0.506 e. The smallest absolute Gasteiger partial charge is 0.142 e. The maximum absolute atomic E-state index is 13.0. The van der Waals surface area contributed by atoms with Crippen molar-refractivity contribution in [2.75, 3.05) is 0 Å². The fourth-order valence-electron chi connectivity index (χ4n) is 2.20. The molecule has 0 aliphatic rings. The van der Waals surface area contributed by atoms with E-state index in [1.165, 1.54) is 23.5 Å². The standard InChI is InChI=1S/C17H13FOS/c1-11-4-2-3-5-14(11)17-16(19)15(10-20-17)12-6-8-13(18)9-7-12/h2-10,19H,1H3. The Bertz CT molecular complexity index is 744. The topological polar surface area (TPSA) is 20.2 Å². The Morgan fingerprint density at radius 2 is 1.65 bits per heavy atom. The van der Waals surface area contributed by atoms with Gasteiger partial charge in [-0.25, -0.2) is 4.39 Å². The Hall–Kier alpha value is -2.13. The molecule has 3 heteroatoms. The Balaban J connectivity index is 2.09. The number of hydrogen-bond acceptors (Lipinski definition) is 2. The molecule has 0 aliphatic heterocycles. The van der Waals surface area contributed by atoms with E-state index < -0.39 is 0 Å². The van der Waals surface area contributed by atoms with E-state index in [9.17, 15) is 9.50 Å². The minimum atomic E-state index is -0.275. The van der Waals surface area contributed by atoms with Gasteiger partial charge in [-0.15, -0.1) is 11.3 Å². The van der Waals surface area contributed by atoms with Crippen LogP contribution >= 0.6 is 11.3 Å². The molecule has 0 aliphatic carbocycles. The molecule has 1 N–H and O–H groups in total. The van der Waals surface area contributed by atoms with Crippen LogP contribution in [0.4, 0.5) is 4.39 Å². The Morgan fingerprint density at radius 1 is 0.950 bits per heavy atom. The average molecular weight is 284 g/mol. The SMILES string of the molecule is Cc1ccccc1-c1scc(-c2ccc(F)cc2)c1O. The van der Waals surface area contributed by atoms with Crippen molar-refractivity contribution in [3.8, 4) is 27.3 Å². The summed E-state index contributed by atoms with van der Waals surface area (Å²) in [5.74, 6) is -0.0153. The Morgan fingerprint density at radius 3 is 2.35 bits per heavy atom. The van der Waals surface area contributed by atoms with Crippen molar-refractivity contribution in [3.05, 3.63) is 65.3 Å². The monoisotopic (exact) mass is 284 g/mol. The van der Waals surface area contributed by atoms with Crippen molar-refractivity contribution in [1.29, 1.82) is 0 Å². The number of rotatable bonds is 2. The van der Waals surface area contributed by atoms with Crippen LogP contribution < -0.4 is 0 Å². The third-order valence-electron chi connectivity index (χ3n) is 3.31. The van der Waals surface area contributed by atoms with Crippen LogP contribution in [-0.2, 0) is 0 Å². The molecule has 0 fully saturated rings. The number of halogens is 1. The van der Waals surface area contributed by atoms with Crippen molar-refractivity contribution < 1.29 is 9.50 Å². The lowest BCUT2D eigenvalue weighted by molar-refractivity contribution is 0.481. The highest BCUT2D eigenvalue weighted by molar-refractivity contribution is 7.14. The van der Waals surface area contributed by atoms with Gasteiger partial charge in [0.05, 0.1) is 4.88 Å². The molecule has 0 unspecified atom stereocenters. The fourth-order valence-corrected chi connectivity index (χ4v) is 3.27.